The van der Waals surface area contributed by atoms with Crippen LogP contribution in [0.4, 0.5) is 24.5 Å². The fourth-order valence-corrected chi connectivity index (χ4v) is 4.31. The lowest BCUT2D eigenvalue weighted by molar-refractivity contribution is -0.137. The number of ether oxygens (including phenoxy) is 2. The minimum atomic E-state index is -4.85. The summed E-state index contributed by atoms with van der Waals surface area (Å²) in [6, 6.07) is 8.03. The number of amides is 1. The number of anilines is 2. The molecule has 0 radical (unpaired) electrons. The summed E-state index contributed by atoms with van der Waals surface area (Å²) in [7, 11) is -3.15. The van der Waals surface area contributed by atoms with E-state index in [1.807, 2.05) is 0 Å². The molecule has 37 heavy (non-hydrogen) atoms. The average Bonchev–Trinajstić information content (AvgIpc) is 2.81. The number of rotatable bonds is 7. The SMILES string of the molecule is CC#CC(=O)Nc1ccc(Oc2ncc(C)cc2NS(=O)(=O)c2ccc(Cl)c(C(F)(F)F)c2)c(OC)c1. The summed E-state index contributed by atoms with van der Waals surface area (Å²) in [5, 5.41) is 1.91. The van der Waals surface area contributed by atoms with Crippen LogP contribution in [0.3, 0.4) is 0 Å². The fourth-order valence-electron chi connectivity index (χ4n) is 3.01. The maximum atomic E-state index is 13.2. The number of benzene rings is 2. The zero-order chi connectivity index (χ0) is 27.4. The second-order valence-electron chi connectivity index (χ2n) is 7.41. The van der Waals surface area contributed by atoms with Crippen molar-refractivity contribution in [2.75, 3.05) is 17.1 Å². The van der Waals surface area contributed by atoms with Gasteiger partial charge in [0, 0.05) is 18.0 Å². The van der Waals surface area contributed by atoms with Crippen LogP contribution in [-0.4, -0.2) is 26.4 Å². The minimum absolute atomic E-state index is 0.115. The highest BCUT2D eigenvalue weighted by atomic mass is 35.5. The van der Waals surface area contributed by atoms with Crippen molar-refractivity contribution in [3.05, 3.63) is 64.8 Å². The van der Waals surface area contributed by atoms with Crippen LogP contribution in [-0.2, 0) is 21.0 Å². The van der Waals surface area contributed by atoms with Crippen LogP contribution < -0.4 is 19.5 Å². The summed E-state index contributed by atoms with van der Waals surface area (Å²) in [6.45, 7) is 3.15. The number of pyridine rings is 1. The van der Waals surface area contributed by atoms with Crippen LogP contribution >= 0.6 is 11.6 Å². The quantitative estimate of drug-likeness (QED) is 0.368. The molecular formula is C24H19ClF3N3O5S. The minimum Gasteiger partial charge on any atom is -0.493 e. The molecule has 13 heteroatoms. The van der Waals surface area contributed by atoms with E-state index >= 15 is 0 Å². The van der Waals surface area contributed by atoms with Crippen molar-refractivity contribution in [1.29, 1.82) is 0 Å². The number of alkyl halides is 3. The van der Waals surface area contributed by atoms with Gasteiger partial charge in [0.05, 0.1) is 22.6 Å². The molecule has 3 aromatic rings. The molecule has 8 nitrogen and oxygen atoms in total. The van der Waals surface area contributed by atoms with E-state index in [4.69, 9.17) is 21.1 Å². The Morgan fingerprint density at radius 2 is 1.84 bits per heavy atom. The van der Waals surface area contributed by atoms with E-state index in [2.05, 4.69) is 26.9 Å². The highest BCUT2D eigenvalue weighted by molar-refractivity contribution is 7.92. The predicted octanol–water partition coefficient (Wildman–Crippen LogP) is 5.63. The number of carbonyl (C=O) groups is 1. The van der Waals surface area contributed by atoms with Gasteiger partial charge in [-0.1, -0.05) is 17.5 Å². The molecule has 0 aliphatic rings. The molecule has 2 aromatic carbocycles. The first-order chi connectivity index (χ1) is 17.3. The summed E-state index contributed by atoms with van der Waals surface area (Å²) >= 11 is 5.60. The summed E-state index contributed by atoms with van der Waals surface area (Å²) in [6.07, 6.45) is -3.45. The summed E-state index contributed by atoms with van der Waals surface area (Å²) in [5.74, 6) is 4.35. The van der Waals surface area contributed by atoms with Gasteiger partial charge in [-0.25, -0.2) is 13.4 Å². The summed E-state index contributed by atoms with van der Waals surface area (Å²) < 4.78 is 78.9. The van der Waals surface area contributed by atoms with Gasteiger partial charge >= 0.3 is 6.18 Å². The second kappa shape index (κ2) is 11.0. The van der Waals surface area contributed by atoms with E-state index in [-0.39, 0.29) is 23.1 Å². The number of aromatic nitrogens is 1. The molecular weight excluding hydrogens is 535 g/mol. The molecule has 1 aromatic heterocycles. The van der Waals surface area contributed by atoms with Gasteiger partial charge in [0.25, 0.3) is 15.9 Å². The predicted molar refractivity (Wildman–Crippen MR) is 131 cm³/mol. The van der Waals surface area contributed by atoms with Gasteiger partial charge in [-0.05, 0) is 61.7 Å². The Kier molecular flexibility index (Phi) is 8.20. The maximum absolute atomic E-state index is 13.2. The molecule has 0 aliphatic carbocycles. The average molecular weight is 554 g/mol. The van der Waals surface area contributed by atoms with Gasteiger partial charge < -0.3 is 14.8 Å². The molecule has 0 fully saturated rings. The molecule has 194 valence electrons. The van der Waals surface area contributed by atoms with E-state index in [9.17, 15) is 26.4 Å². The highest BCUT2D eigenvalue weighted by Crippen LogP contribution is 2.38. The van der Waals surface area contributed by atoms with Gasteiger partial charge in [-0.15, -0.1) is 0 Å². The Bertz CT molecular complexity index is 1520. The zero-order valence-corrected chi connectivity index (χ0v) is 21.1. The van der Waals surface area contributed by atoms with E-state index in [0.717, 1.165) is 12.1 Å². The summed E-state index contributed by atoms with van der Waals surface area (Å²) in [5.41, 5.74) is -0.531. The van der Waals surface area contributed by atoms with Gasteiger partial charge in [-0.2, -0.15) is 13.2 Å². The first-order valence-corrected chi connectivity index (χ1v) is 12.2. The van der Waals surface area contributed by atoms with Gasteiger partial charge in [0.1, 0.15) is 5.69 Å². The lowest BCUT2D eigenvalue weighted by Crippen LogP contribution is -2.16. The molecule has 1 amide bonds. The van der Waals surface area contributed by atoms with E-state index in [1.54, 1.807) is 6.92 Å². The molecule has 0 saturated heterocycles. The van der Waals surface area contributed by atoms with Crippen LogP contribution in [0.15, 0.2) is 53.6 Å². The molecule has 0 saturated carbocycles. The van der Waals surface area contributed by atoms with Crippen molar-refractivity contribution in [1.82, 2.24) is 4.98 Å². The topological polar surface area (TPSA) is 107 Å². The Labute approximate surface area is 215 Å². The third-order valence-corrected chi connectivity index (χ3v) is 6.35. The van der Waals surface area contributed by atoms with Gasteiger partial charge in [0.2, 0.25) is 5.88 Å². The molecule has 0 aliphatic heterocycles. The third kappa shape index (κ3) is 6.84. The van der Waals surface area contributed by atoms with Crippen LogP contribution in [0.5, 0.6) is 17.4 Å². The number of aryl methyl sites for hydroxylation is 1. The lowest BCUT2D eigenvalue weighted by Gasteiger charge is -2.16. The van der Waals surface area contributed by atoms with Gasteiger partial charge in [-0.3, -0.25) is 9.52 Å². The maximum Gasteiger partial charge on any atom is 0.417 e. The van der Waals surface area contributed by atoms with Crippen molar-refractivity contribution in [3.63, 3.8) is 0 Å². The number of hydrogen-bond donors (Lipinski definition) is 2. The van der Waals surface area contributed by atoms with E-state index in [0.29, 0.717) is 17.3 Å². The zero-order valence-electron chi connectivity index (χ0n) is 19.5. The number of nitrogens with one attached hydrogen (secondary N) is 2. The van der Waals surface area contributed by atoms with Gasteiger partial charge in [0.15, 0.2) is 11.5 Å². The molecule has 0 bridgehead atoms. The first kappa shape index (κ1) is 27.6. The monoisotopic (exact) mass is 553 g/mol. The molecule has 0 atom stereocenters. The Hall–Kier alpha value is -3.95. The third-order valence-electron chi connectivity index (χ3n) is 4.65. The van der Waals surface area contributed by atoms with Crippen LogP contribution in [0.2, 0.25) is 5.02 Å². The van der Waals surface area contributed by atoms with E-state index < -0.39 is 37.6 Å². The number of nitrogens with zero attached hydrogens (tertiary/aromatic N) is 1. The highest BCUT2D eigenvalue weighted by Gasteiger charge is 2.34. The smallest absolute Gasteiger partial charge is 0.417 e. The lowest BCUT2D eigenvalue weighted by atomic mass is 10.2. The standard InChI is InChI=1S/C24H19ClF3N3O5S/c1-4-5-22(32)30-15-6-9-20(21(11-15)35-3)36-23-19(10-14(2)13-29-23)31-37(33,34)16-7-8-18(25)17(12-16)24(26,27)28/h6-13,31H,1-3H3,(H,30,32). The van der Waals surface area contributed by atoms with E-state index in [1.165, 1.54) is 44.5 Å². The molecule has 1 heterocycles. The van der Waals surface area contributed by atoms with Crippen molar-refractivity contribution >= 4 is 38.9 Å². The number of methoxy groups -OCH3 is 1. The normalized spacial score (nSPS) is 11.2. The molecule has 0 spiro atoms. The van der Waals surface area contributed by atoms with Crippen molar-refractivity contribution in [2.45, 2.75) is 24.9 Å². The fraction of sp³-hybridized carbons (Fsp3) is 0.167. The number of carbonyl (C=O) groups excluding carboxylic acids is 1. The Morgan fingerprint density at radius 1 is 1.11 bits per heavy atom. The van der Waals surface area contributed by atoms with Crippen LogP contribution in [0.25, 0.3) is 0 Å². The second-order valence-corrected chi connectivity index (χ2v) is 9.50. The first-order valence-electron chi connectivity index (χ1n) is 10.3. The molecule has 0 unspecified atom stereocenters. The Balaban J connectivity index is 1.95. The van der Waals surface area contributed by atoms with Crippen molar-refractivity contribution in [2.24, 2.45) is 0 Å². The largest absolute Gasteiger partial charge is 0.493 e. The number of halogens is 4. The Morgan fingerprint density at radius 3 is 2.49 bits per heavy atom. The molecule has 2 N–H and O–H groups in total. The van der Waals surface area contributed by atoms with Crippen molar-refractivity contribution < 1.29 is 35.9 Å². The molecule has 3 rings (SSSR count). The van der Waals surface area contributed by atoms with Crippen LogP contribution in [0, 0.1) is 18.8 Å². The van der Waals surface area contributed by atoms with Crippen molar-refractivity contribution in [3.8, 4) is 29.2 Å². The van der Waals surface area contributed by atoms with Crippen LogP contribution in [0.1, 0.15) is 18.1 Å². The summed E-state index contributed by atoms with van der Waals surface area (Å²) in [4.78, 5) is 15.1. The number of hydrogen-bond acceptors (Lipinski definition) is 6. The number of sulfonamides is 1.